The number of hydrogen-bond donors (Lipinski definition) is 1. The van der Waals surface area contributed by atoms with Gasteiger partial charge in [0.05, 0.1) is 10.8 Å². The van der Waals surface area contributed by atoms with Gasteiger partial charge in [-0.25, -0.2) is 0 Å². The average Bonchev–Trinajstić information content (AvgIpc) is 2.69. The van der Waals surface area contributed by atoms with Crippen molar-refractivity contribution >= 4 is 33.5 Å². The van der Waals surface area contributed by atoms with Gasteiger partial charge in [0.25, 0.3) is 5.91 Å². The highest BCUT2D eigenvalue weighted by Gasteiger charge is 2.12. The van der Waals surface area contributed by atoms with Gasteiger partial charge in [-0.05, 0) is 81.1 Å². The SMILES string of the molecule is Cc1cc(C)c(OCC(=O)Nc2ccc3c(=O)c4cc(C)c(C)cc4oc3c2)c(C)c1. The van der Waals surface area contributed by atoms with Crippen molar-refractivity contribution in [3.63, 3.8) is 0 Å². The Hall–Kier alpha value is -3.60. The summed E-state index contributed by atoms with van der Waals surface area (Å²) in [4.78, 5) is 25.3. The molecule has 31 heavy (non-hydrogen) atoms. The van der Waals surface area contributed by atoms with Crippen LogP contribution in [0.2, 0.25) is 0 Å². The monoisotopic (exact) mass is 415 g/mol. The Kier molecular flexibility index (Phi) is 5.27. The quantitative estimate of drug-likeness (QED) is 0.447. The van der Waals surface area contributed by atoms with Gasteiger partial charge in [0.15, 0.2) is 6.61 Å². The molecule has 5 nitrogen and oxygen atoms in total. The van der Waals surface area contributed by atoms with Crippen molar-refractivity contribution in [2.45, 2.75) is 34.6 Å². The lowest BCUT2D eigenvalue weighted by Crippen LogP contribution is -2.20. The van der Waals surface area contributed by atoms with Crippen LogP contribution in [0.4, 0.5) is 5.69 Å². The summed E-state index contributed by atoms with van der Waals surface area (Å²) in [5, 5.41) is 3.86. The Balaban J connectivity index is 1.57. The number of benzene rings is 3. The fourth-order valence-electron chi connectivity index (χ4n) is 3.92. The van der Waals surface area contributed by atoms with Crippen molar-refractivity contribution in [2.75, 3.05) is 11.9 Å². The fourth-order valence-corrected chi connectivity index (χ4v) is 3.92. The van der Waals surface area contributed by atoms with E-state index in [1.165, 1.54) is 0 Å². The zero-order valence-corrected chi connectivity index (χ0v) is 18.4. The highest BCUT2D eigenvalue weighted by atomic mass is 16.5. The van der Waals surface area contributed by atoms with E-state index in [1.54, 1.807) is 18.2 Å². The van der Waals surface area contributed by atoms with E-state index in [2.05, 4.69) is 5.32 Å². The zero-order valence-electron chi connectivity index (χ0n) is 18.4. The molecule has 5 heteroatoms. The van der Waals surface area contributed by atoms with Crippen LogP contribution >= 0.6 is 0 Å². The Morgan fingerprint density at radius 2 is 1.48 bits per heavy atom. The van der Waals surface area contributed by atoms with Crippen LogP contribution in [-0.2, 0) is 4.79 Å². The maximum atomic E-state index is 12.9. The van der Waals surface area contributed by atoms with Crippen LogP contribution < -0.4 is 15.5 Å². The van der Waals surface area contributed by atoms with E-state index in [1.807, 2.05) is 58.9 Å². The number of ether oxygens (including phenoxy) is 1. The zero-order chi connectivity index (χ0) is 22.3. The molecule has 158 valence electrons. The van der Waals surface area contributed by atoms with Crippen LogP contribution in [0, 0.1) is 34.6 Å². The van der Waals surface area contributed by atoms with Crippen LogP contribution in [0.25, 0.3) is 21.9 Å². The molecule has 3 aromatic carbocycles. The standard InChI is InChI=1S/C26H25NO4/c1-14-8-17(4)26(18(5)9-14)30-13-24(28)27-19-6-7-20-23(12-19)31-22-11-16(3)15(2)10-21(22)25(20)29/h6-12H,13H2,1-5H3,(H,27,28). The molecule has 0 atom stereocenters. The van der Waals surface area contributed by atoms with E-state index in [-0.39, 0.29) is 17.9 Å². The number of rotatable bonds is 4. The summed E-state index contributed by atoms with van der Waals surface area (Å²) in [6, 6.07) is 12.8. The second kappa shape index (κ2) is 7.91. The normalized spacial score (nSPS) is 11.1. The first-order chi connectivity index (χ1) is 14.7. The minimum atomic E-state index is -0.284. The molecule has 1 aromatic heterocycles. The van der Waals surface area contributed by atoms with Crippen molar-refractivity contribution in [1.29, 1.82) is 0 Å². The molecule has 0 radical (unpaired) electrons. The Labute approximate surface area is 180 Å². The van der Waals surface area contributed by atoms with Crippen LogP contribution in [0.3, 0.4) is 0 Å². The molecule has 0 saturated heterocycles. The summed E-state index contributed by atoms with van der Waals surface area (Å²) in [5.74, 6) is 0.440. The first-order valence-electron chi connectivity index (χ1n) is 10.2. The Morgan fingerprint density at radius 3 is 2.19 bits per heavy atom. The van der Waals surface area contributed by atoms with Crippen molar-refractivity contribution in [3.8, 4) is 5.75 Å². The van der Waals surface area contributed by atoms with Crippen molar-refractivity contribution in [1.82, 2.24) is 0 Å². The predicted molar refractivity (Wildman–Crippen MR) is 124 cm³/mol. The molecule has 0 fully saturated rings. The minimum Gasteiger partial charge on any atom is -0.483 e. The molecule has 4 rings (SSSR count). The number of anilines is 1. The summed E-state index contributed by atoms with van der Waals surface area (Å²) in [6.45, 7) is 9.80. The van der Waals surface area contributed by atoms with Gasteiger partial charge < -0.3 is 14.5 Å². The number of nitrogens with one attached hydrogen (secondary N) is 1. The second-order valence-corrected chi connectivity index (χ2v) is 8.14. The van der Waals surface area contributed by atoms with E-state index in [0.29, 0.717) is 27.6 Å². The van der Waals surface area contributed by atoms with Gasteiger partial charge in [0.1, 0.15) is 16.9 Å². The number of carbonyl (C=O) groups excluding carboxylic acids is 1. The number of carbonyl (C=O) groups is 1. The smallest absolute Gasteiger partial charge is 0.262 e. The van der Waals surface area contributed by atoms with Gasteiger partial charge in [-0.3, -0.25) is 9.59 Å². The summed E-state index contributed by atoms with van der Waals surface area (Å²) in [6.07, 6.45) is 0. The summed E-state index contributed by atoms with van der Waals surface area (Å²) in [5.41, 5.74) is 6.69. The first-order valence-corrected chi connectivity index (χ1v) is 10.2. The lowest BCUT2D eigenvalue weighted by molar-refractivity contribution is -0.118. The summed E-state index contributed by atoms with van der Waals surface area (Å²) < 4.78 is 11.7. The van der Waals surface area contributed by atoms with Crippen LogP contribution in [-0.4, -0.2) is 12.5 Å². The maximum absolute atomic E-state index is 12.9. The van der Waals surface area contributed by atoms with E-state index >= 15 is 0 Å². The van der Waals surface area contributed by atoms with Gasteiger partial charge in [0, 0.05) is 11.8 Å². The summed E-state index contributed by atoms with van der Waals surface area (Å²) in [7, 11) is 0. The molecule has 0 saturated carbocycles. The van der Waals surface area contributed by atoms with E-state index < -0.39 is 0 Å². The molecule has 1 N–H and O–H groups in total. The van der Waals surface area contributed by atoms with Crippen LogP contribution in [0.1, 0.15) is 27.8 Å². The van der Waals surface area contributed by atoms with Crippen molar-refractivity contribution < 1.29 is 13.9 Å². The molecule has 0 aliphatic heterocycles. The number of amides is 1. The van der Waals surface area contributed by atoms with Crippen LogP contribution in [0.5, 0.6) is 5.75 Å². The van der Waals surface area contributed by atoms with Gasteiger partial charge in [-0.2, -0.15) is 0 Å². The number of hydrogen-bond acceptors (Lipinski definition) is 4. The van der Waals surface area contributed by atoms with Gasteiger partial charge in [-0.1, -0.05) is 17.7 Å². The third kappa shape index (κ3) is 4.04. The van der Waals surface area contributed by atoms with Crippen molar-refractivity contribution in [2.24, 2.45) is 0 Å². The highest BCUT2D eigenvalue weighted by molar-refractivity contribution is 5.96. The third-order valence-corrected chi connectivity index (χ3v) is 5.52. The first kappa shape index (κ1) is 20.7. The maximum Gasteiger partial charge on any atom is 0.262 e. The molecule has 1 heterocycles. The molecule has 4 aromatic rings. The van der Waals surface area contributed by atoms with Crippen molar-refractivity contribution in [3.05, 3.63) is 80.5 Å². The lowest BCUT2D eigenvalue weighted by atomic mass is 10.1. The Morgan fingerprint density at radius 1 is 0.839 bits per heavy atom. The molecule has 0 aliphatic carbocycles. The number of aryl methyl sites for hydroxylation is 5. The third-order valence-electron chi connectivity index (χ3n) is 5.52. The van der Waals surface area contributed by atoms with Gasteiger partial charge in [0.2, 0.25) is 5.43 Å². The number of fused-ring (bicyclic) bond motifs is 2. The largest absolute Gasteiger partial charge is 0.483 e. The molecule has 0 spiro atoms. The van der Waals surface area contributed by atoms with Gasteiger partial charge >= 0.3 is 0 Å². The van der Waals surface area contributed by atoms with E-state index in [9.17, 15) is 9.59 Å². The molecule has 0 bridgehead atoms. The molecule has 0 unspecified atom stereocenters. The summed E-state index contributed by atoms with van der Waals surface area (Å²) >= 11 is 0. The Bertz CT molecular complexity index is 1380. The second-order valence-electron chi connectivity index (χ2n) is 8.14. The average molecular weight is 415 g/mol. The molecular formula is C26H25NO4. The van der Waals surface area contributed by atoms with E-state index in [0.717, 1.165) is 33.6 Å². The van der Waals surface area contributed by atoms with Gasteiger partial charge in [-0.15, -0.1) is 0 Å². The molecule has 0 aliphatic rings. The predicted octanol–water partition coefficient (Wildman–Crippen LogP) is 5.51. The highest BCUT2D eigenvalue weighted by Crippen LogP contribution is 2.26. The minimum absolute atomic E-state index is 0.0779. The fraction of sp³-hybridized carbons (Fsp3) is 0.231. The lowest BCUT2D eigenvalue weighted by Gasteiger charge is -2.13. The molecular weight excluding hydrogens is 390 g/mol. The van der Waals surface area contributed by atoms with E-state index in [4.69, 9.17) is 9.15 Å². The molecule has 1 amide bonds. The topological polar surface area (TPSA) is 68.5 Å². The van der Waals surface area contributed by atoms with Crippen LogP contribution in [0.15, 0.2) is 51.7 Å².